The third-order valence-electron chi connectivity index (χ3n) is 6.16. The molecule has 8 heteroatoms. The molecule has 3 N–H and O–H groups in total. The Hall–Kier alpha value is -3.13. The molecule has 31 heavy (non-hydrogen) atoms. The predicted molar refractivity (Wildman–Crippen MR) is 125 cm³/mol. The zero-order chi connectivity index (χ0) is 21.8. The van der Waals surface area contributed by atoms with Crippen molar-refractivity contribution >= 4 is 28.8 Å². The molecule has 0 unspecified atom stereocenters. The third-order valence-corrected chi connectivity index (χ3v) is 6.16. The summed E-state index contributed by atoms with van der Waals surface area (Å²) in [7, 11) is 0. The summed E-state index contributed by atoms with van der Waals surface area (Å²) >= 11 is 0. The van der Waals surface area contributed by atoms with Gasteiger partial charge in [0.05, 0.1) is 0 Å². The third kappa shape index (κ3) is 4.80. The molecule has 1 aliphatic heterocycles. The molecule has 8 nitrogen and oxygen atoms in total. The molecule has 3 aromatic rings. The number of aryl methyl sites for hydroxylation is 1. The lowest BCUT2D eigenvalue weighted by atomic mass is 10.1. The van der Waals surface area contributed by atoms with Gasteiger partial charge in [0.25, 0.3) is 0 Å². The van der Waals surface area contributed by atoms with Gasteiger partial charge in [0, 0.05) is 44.6 Å². The minimum Gasteiger partial charge on any atom is -0.369 e. The van der Waals surface area contributed by atoms with Gasteiger partial charge < -0.3 is 15.6 Å². The molecule has 1 saturated heterocycles. The standard InChI is InChI=1S/C23H31N7O/c1-17-7-5-9-20(18(17)2)29-15-13-28(14-16-29)11-3-4-12-30(22(24)31)23-26-19-8-6-10-25-21(19)27-23/h5-10H,3-4,11-16H2,1-2H3,(H2,24,31)(H,25,26,27). The zero-order valence-electron chi connectivity index (χ0n) is 18.3. The summed E-state index contributed by atoms with van der Waals surface area (Å²) in [5.74, 6) is 0.461. The minimum absolute atomic E-state index is 0.461. The number of fused-ring (bicyclic) bond motifs is 1. The zero-order valence-corrected chi connectivity index (χ0v) is 18.3. The van der Waals surface area contributed by atoms with Crippen molar-refractivity contribution in [1.29, 1.82) is 0 Å². The quantitative estimate of drug-likeness (QED) is 0.572. The van der Waals surface area contributed by atoms with E-state index in [4.69, 9.17) is 5.73 Å². The average Bonchev–Trinajstić information content (AvgIpc) is 3.19. The number of piperazine rings is 1. The summed E-state index contributed by atoms with van der Waals surface area (Å²) in [6, 6.07) is 9.73. The van der Waals surface area contributed by atoms with Crippen molar-refractivity contribution in [3.05, 3.63) is 47.7 Å². The smallest absolute Gasteiger partial charge is 0.321 e. The Labute approximate surface area is 183 Å². The normalized spacial score (nSPS) is 14.8. The second-order valence-electron chi connectivity index (χ2n) is 8.18. The van der Waals surface area contributed by atoms with Crippen LogP contribution in [-0.4, -0.2) is 65.2 Å². The first-order valence-electron chi connectivity index (χ1n) is 10.9. The SMILES string of the molecule is Cc1cccc(N2CCN(CCCCN(C(N)=O)c3nc4cccnc4[nH]3)CC2)c1C. The second kappa shape index (κ2) is 9.34. The maximum Gasteiger partial charge on any atom is 0.321 e. The Kier molecular flexibility index (Phi) is 6.36. The number of hydrogen-bond donors (Lipinski definition) is 2. The van der Waals surface area contributed by atoms with Crippen molar-refractivity contribution in [2.75, 3.05) is 49.1 Å². The summed E-state index contributed by atoms with van der Waals surface area (Å²) in [5.41, 5.74) is 11.1. The van der Waals surface area contributed by atoms with Gasteiger partial charge in [0.1, 0.15) is 5.52 Å². The Bertz CT molecular complexity index is 1010. The Morgan fingerprint density at radius 3 is 2.68 bits per heavy atom. The van der Waals surface area contributed by atoms with Crippen LogP contribution in [0.5, 0.6) is 0 Å². The first-order chi connectivity index (χ1) is 15.0. The van der Waals surface area contributed by atoms with Crippen LogP contribution < -0.4 is 15.5 Å². The number of primary amides is 1. The molecule has 0 radical (unpaired) electrons. The van der Waals surface area contributed by atoms with Crippen LogP contribution in [0.1, 0.15) is 24.0 Å². The van der Waals surface area contributed by atoms with E-state index in [1.165, 1.54) is 21.7 Å². The summed E-state index contributed by atoms with van der Waals surface area (Å²) in [5, 5.41) is 0. The van der Waals surface area contributed by atoms with E-state index in [9.17, 15) is 4.79 Å². The number of nitrogens with zero attached hydrogens (tertiary/aromatic N) is 5. The number of unbranched alkanes of at least 4 members (excludes halogenated alkanes) is 1. The number of rotatable bonds is 7. The van der Waals surface area contributed by atoms with Gasteiger partial charge in [-0.15, -0.1) is 0 Å². The molecule has 1 aliphatic rings. The number of imidazole rings is 1. The van der Waals surface area contributed by atoms with Crippen LogP contribution in [0.3, 0.4) is 0 Å². The van der Waals surface area contributed by atoms with Crippen molar-refractivity contribution in [2.45, 2.75) is 26.7 Å². The van der Waals surface area contributed by atoms with Gasteiger partial charge in [-0.05, 0) is 62.6 Å². The summed E-state index contributed by atoms with van der Waals surface area (Å²) in [4.78, 5) is 30.2. The number of aromatic nitrogens is 3. The molecule has 1 aromatic carbocycles. The molecule has 2 amide bonds. The van der Waals surface area contributed by atoms with Gasteiger partial charge in [-0.2, -0.15) is 0 Å². The lowest BCUT2D eigenvalue weighted by Gasteiger charge is -2.37. The number of pyridine rings is 1. The lowest BCUT2D eigenvalue weighted by molar-refractivity contribution is 0.249. The lowest BCUT2D eigenvalue weighted by Crippen LogP contribution is -2.47. The topological polar surface area (TPSA) is 94.4 Å². The van der Waals surface area contributed by atoms with Crippen LogP contribution in [-0.2, 0) is 0 Å². The molecule has 164 valence electrons. The van der Waals surface area contributed by atoms with Crippen molar-refractivity contribution in [2.24, 2.45) is 5.73 Å². The van der Waals surface area contributed by atoms with Crippen LogP contribution in [0.2, 0.25) is 0 Å². The van der Waals surface area contributed by atoms with Gasteiger partial charge in [-0.1, -0.05) is 12.1 Å². The maximum absolute atomic E-state index is 11.9. The predicted octanol–water partition coefficient (Wildman–Crippen LogP) is 3.06. The molecule has 4 rings (SSSR count). The fraction of sp³-hybridized carbons (Fsp3) is 0.435. The first-order valence-corrected chi connectivity index (χ1v) is 10.9. The van der Waals surface area contributed by atoms with E-state index in [1.54, 1.807) is 6.20 Å². The molecular formula is C23H31N7O. The van der Waals surface area contributed by atoms with E-state index in [1.807, 2.05) is 12.1 Å². The van der Waals surface area contributed by atoms with E-state index >= 15 is 0 Å². The monoisotopic (exact) mass is 421 g/mol. The highest BCUT2D eigenvalue weighted by atomic mass is 16.2. The number of benzene rings is 1. The second-order valence-corrected chi connectivity index (χ2v) is 8.18. The Morgan fingerprint density at radius 1 is 1.13 bits per heavy atom. The molecule has 0 saturated carbocycles. The molecule has 1 fully saturated rings. The summed E-state index contributed by atoms with van der Waals surface area (Å²) < 4.78 is 0. The number of hydrogen-bond acceptors (Lipinski definition) is 5. The van der Waals surface area contributed by atoms with Crippen LogP contribution in [0.4, 0.5) is 16.4 Å². The van der Waals surface area contributed by atoms with E-state index in [0.717, 1.165) is 51.1 Å². The van der Waals surface area contributed by atoms with Crippen LogP contribution in [0.15, 0.2) is 36.5 Å². The number of H-pyrrole nitrogens is 1. The number of carbonyl (C=O) groups excluding carboxylic acids is 1. The van der Waals surface area contributed by atoms with E-state index in [0.29, 0.717) is 18.1 Å². The number of nitrogens with two attached hydrogens (primary N) is 1. The molecule has 3 heterocycles. The Balaban J connectivity index is 1.25. The highest BCUT2D eigenvalue weighted by Crippen LogP contribution is 2.24. The van der Waals surface area contributed by atoms with Crippen molar-refractivity contribution in [3.8, 4) is 0 Å². The number of aromatic amines is 1. The highest BCUT2D eigenvalue weighted by molar-refractivity contribution is 5.90. The molecular weight excluding hydrogens is 390 g/mol. The average molecular weight is 422 g/mol. The fourth-order valence-corrected chi connectivity index (χ4v) is 4.18. The number of urea groups is 1. The maximum atomic E-state index is 11.9. The molecule has 0 atom stereocenters. The van der Waals surface area contributed by atoms with Gasteiger partial charge >= 0.3 is 6.03 Å². The number of amides is 2. The van der Waals surface area contributed by atoms with Gasteiger partial charge in [0.15, 0.2) is 5.65 Å². The number of nitrogens with one attached hydrogen (secondary N) is 1. The first kappa shape index (κ1) is 21.1. The van der Waals surface area contributed by atoms with E-state index in [2.05, 4.69) is 56.8 Å². The fourth-order valence-electron chi connectivity index (χ4n) is 4.18. The molecule has 2 aromatic heterocycles. The Morgan fingerprint density at radius 2 is 1.94 bits per heavy atom. The minimum atomic E-state index is -0.499. The molecule has 0 bridgehead atoms. The molecule has 0 aliphatic carbocycles. The van der Waals surface area contributed by atoms with Crippen molar-refractivity contribution < 1.29 is 4.79 Å². The highest BCUT2D eigenvalue weighted by Gasteiger charge is 2.20. The van der Waals surface area contributed by atoms with Crippen molar-refractivity contribution in [1.82, 2.24) is 19.9 Å². The van der Waals surface area contributed by atoms with E-state index in [-0.39, 0.29) is 0 Å². The van der Waals surface area contributed by atoms with Gasteiger partial charge in [-0.3, -0.25) is 9.80 Å². The van der Waals surface area contributed by atoms with Crippen LogP contribution >= 0.6 is 0 Å². The summed E-state index contributed by atoms with van der Waals surface area (Å²) in [6.45, 7) is 10.1. The van der Waals surface area contributed by atoms with Crippen molar-refractivity contribution in [3.63, 3.8) is 0 Å². The van der Waals surface area contributed by atoms with Gasteiger partial charge in [-0.25, -0.2) is 14.8 Å². The van der Waals surface area contributed by atoms with E-state index < -0.39 is 6.03 Å². The largest absolute Gasteiger partial charge is 0.369 e. The van der Waals surface area contributed by atoms with Crippen LogP contribution in [0.25, 0.3) is 11.2 Å². The summed E-state index contributed by atoms with van der Waals surface area (Å²) in [6.07, 6.45) is 3.56. The molecule has 0 spiro atoms. The van der Waals surface area contributed by atoms with Crippen LogP contribution in [0, 0.1) is 13.8 Å². The van der Waals surface area contributed by atoms with Gasteiger partial charge in [0.2, 0.25) is 5.95 Å². The number of anilines is 2. The number of carbonyl (C=O) groups is 1.